The highest BCUT2D eigenvalue weighted by Gasteiger charge is 2.32. The van der Waals surface area contributed by atoms with Crippen LogP contribution >= 0.6 is 0 Å². The zero-order chi connectivity index (χ0) is 21.3. The van der Waals surface area contributed by atoms with Crippen LogP contribution in [0.4, 0.5) is 24.5 Å². The number of nitro benzene ring substituents is 1. The number of anilines is 1. The number of pyridine rings is 1. The van der Waals surface area contributed by atoms with Crippen LogP contribution in [0.25, 0.3) is 5.65 Å². The second-order valence-corrected chi connectivity index (χ2v) is 6.00. The number of hydrogen-bond donors (Lipinski definition) is 1. The van der Waals surface area contributed by atoms with Crippen molar-refractivity contribution in [2.24, 2.45) is 0 Å². The van der Waals surface area contributed by atoms with Crippen molar-refractivity contribution < 1.29 is 27.6 Å². The number of fused-ring (bicyclic) bond motifs is 1. The number of nitrogens with one attached hydrogen (secondary N) is 1. The van der Waals surface area contributed by atoms with Crippen LogP contribution in [0, 0.1) is 10.1 Å². The Morgan fingerprint density at radius 1 is 1.31 bits per heavy atom. The number of halogens is 3. The molecule has 0 aliphatic heterocycles. The van der Waals surface area contributed by atoms with Crippen LogP contribution in [-0.2, 0) is 12.6 Å². The molecule has 0 atom stereocenters. The minimum absolute atomic E-state index is 0.00989. The number of hydrogen-bond acceptors (Lipinski definition) is 5. The summed E-state index contributed by atoms with van der Waals surface area (Å²) in [5.41, 5.74) is -0.851. The molecule has 3 aromatic rings. The van der Waals surface area contributed by atoms with E-state index in [2.05, 4.69) is 10.3 Å². The SMILES string of the molecule is CCc1nc2ccc(C(F)(F)F)cn2c1C(=O)Nc1cc([N+](=O)[O-])ccc1OC. The van der Waals surface area contributed by atoms with Gasteiger partial charge in [-0.3, -0.25) is 19.3 Å². The number of nitrogens with zero attached hydrogens (tertiary/aromatic N) is 3. The van der Waals surface area contributed by atoms with Crippen LogP contribution in [0.1, 0.15) is 28.7 Å². The highest BCUT2D eigenvalue weighted by molar-refractivity contribution is 6.05. The Bertz CT molecular complexity index is 1110. The molecule has 3 rings (SSSR count). The Balaban J connectivity index is 2.09. The van der Waals surface area contributed by atoms with Gasteiger partial charge in [0.1, 0.15) is 17.1 Å². The van der Waals surface area contributed by atoms with Crippen molar-refractivity contribution in [3.8, 4) is 5.75 Å². The van der Waals surface area contributed by atoms with Crippen LogP contribution in [0.15, 0.2) is 36.5 Å². The summed E-state index contributed by atoms with van der Waals surface area (Å²) in [5.74, 6) is -0.612. The zero-order valence-corrected chi connectivity index (χ0v) is 15.3. The fourth-order valence-corrected chi connectivity index (χ4v) is 2.84. The molecule has 0 aliphatic rings. The molecule has 0 saturated carbocycles. The maximum absolute atomic E-state index is 13.1. The predicted octanol–water partition coefficient (Wildman–Crippen LogP) is 4.08. The fourth-order valence-electron chi connectivity index (χ4n) is 2.84. The Labute approximate surface area is 162 Å². The molecule has 0 unspecified atom stereocenters. The van der Waals surface area contributed by atoms with Crippen molar-refractivity contribution in [1.82, 2.24) is 9.38 Å². The molecule has 2 heterocycles. The van der Waals surface area contributed by atoms with E-state index in [4.69, 9.17) is 4.74 Å². The predicted molar refractivity (Wildman–Crippen MR) is 97.2 cm³/mol. The molecule has 0 fully saturated rings. The number of methoxy groups -OCH3 is 1. The van der Waals surface area contributed by atoms with Crippen LogP contribution in [0.2, 0.25) is 0 Å². The van der Waals surface area contributed by atoms with Gasteiger partial charge in [0.05, 0.1) is 29.0 Å². The average molecular weight is 408 g/mol. The van der Waals surface area contributed by atoms with E-state index in [0.29, 0.717) is 0 Å². The Morgan fingerprint density at radius 3 is 2.62 bits per heavy atom. The van der Waals surface area contributed by atoms with Gasteiger partial charge in [-0.25, -0.2) is 4.98 Å². The third-order valence-corrected chi connectivity index (χ3v) is 4.21. The van der Waals surface area contributed by atoms with E-state index in [1.54, 1.807) is 6.92 Å². The third kappa shape index (κ3) is 3.84. The second kappa shape index (κ2) is 7.41. The van der Waals surface area contributed by atoms with E-state index < -0.39 is 22.6 Å². The first-order chi connectivity index (χ1) is 13.7. The van der Waals surface area contributed by atoms with Crippen molar-refractivity contribution >= 4 is 22.9 Å². The van der Waals surface area contributed by atoms with E-state index in [1.807, 2.05) is 0 Å². The van der Waals surface area contributed by atoms with Crippen molar-refractivity contribution in [3.63, 3.8) is 0 Å². The third-order valence-electron chi connectivity index (χ3n) is 4.21. The molecule has 11 heteroatoms. The number of carbonyl (C=O) groups is 1. The Hall–Kier alpha value is -3.63. The zero-order valence-electron chi connectivity index (χ0n) is 15.3. The molecule has 0 saturated heterocycles. The molecule has 1 amide bonds. The lowest BCUT2D eigenvalue weighted by molar-refractivity contribution is -0.384. The number of carbonyl (C=O) groups excluding carboxylic acids is 1. The molecule has 2 aromatic heterocycles. The fraction of sp³-hybridized carbons (Fsp3) is 0.222. The molecule has 1 N–H and O–H groups in total. The van der Waals surface area contributed by atoms with Gasteiger partial charge in [-0.2, -0.15) is 13.2 Å². The van der Waals surface area contributed by atoms with Crippen molar-refractivity contribution in [2.75, 3.05) is 12.4 Å². The average Bonchev–Trinajstić information content (AvgIpc) is 3.05. The van der Waals surface area contributed by atoms with Crippen LogP contribution in [0.5, 0.6) is 5.75 Å². The van der Waals surface area contributed by atoms with Gasteiger partial charge < -0.3 is 10.1 Å². The van der Waals surface area contributed by atoms with Gasteiger partial charge in [0.25, 0.3) is 11.6 Å². The van der Waals surface area contributed by atoms with Gasteiger partial charge in [-0.1, -0.05) is 6.92 Å². The lowest BCUT2D eigenvalue weighted by Crippen LogP contribution is -2.17. The molecule has 1 aromatic carbocycles. The number of amides is 1. The highest BCUT2D eigenvalue weighted by atomic mass is 19.4. The standard InChI is InChI=1S/C18H15F3N4O4/c1-3-12-16(24-9-10(18(19,20)21)4-7-15(24)22-12)17(26)23-13-8-11(25(27)28)5-6-14(13)29-2/h4-9H,3H2,1-2H3,(H,23,26). The first-order valence-corrected chi connectivity index (χ1v) is 8.37. The smallest absolute Gasteiger partial charge is 0.417 e. The summed E-state index contributed by atoms with van der Waals surface area (Å²) < 4.78 is 45.4. The van der Waals surface area contributed by atoms with E-state index >= 15 is 0 Å². The molecule has 0 radical (unpaired) electrons. The summed E-state index contributed by atoms with van der Waals surface area (Å²) in [5, 5.41) is 13.5. The highest BCUT2D eigenvalue weighted by Crippen LogP contribution is 2.31. The summed E-state index contributed by atoms with van der Waals surface area (Å²) in [6, 6.07) is 5.67. The number of alkyl halides is 3. The number of benzene rings is 1. The van der Waals surface area contributed by atoms with E-state index in [0.717, 1.165) is 22.7 Å². The van der Waals surface area contributed by atoms with E-state index in [-0.39, 0.29) is 40.6 Å². The van der Waals surface area contributed by atoms with Gasteiger partial charge in [0, 0.05) is 18.3 Å². The Morgan fingerprint density at radius 2 is 2.03 bits per heavy atom. The van der Waals surface area contributed by atoms with Gasteiger partial charge in [-0.05, 0) is 24.6 Å². The maximum Gasteiger partial charge on any atom is 0.417 e. The van der Waals surface area contributed by atoms with Crippen molar-refractivity contribution in [3.05, 3.63) is 63.6 Å². The molecule has 0 aliphatic carbocycles. The number of non-ortho nitro benzene ring substituents is 1. The first-order valence-electron chi connectivity index (χ1n) is 8.37. The summed E-state index contributed by atoms with van der Waals surface area (Å²) in [7, 11) is 1.32. The normalized spacial score (nSPS) is 11.5. The summed E-state index contributed by atoms with van der Waals surface area (Å²) in [6.45, 7) is 1.71. The van der Waals surface area contributed by atoms with Crippen LogP contribution in [0.3, 0.4) is 0 Å². The van der Waals surface area contributed by atoms with Gasteiger partial charge in [0.2, 0.25) is 0 Å². The molecular formula is C18H15F3N4O4. The number of ether oxygens (including phenoxy) is 1. The summed E-state index contributed by atoms with van der Waals surface area (Å²) in [6.07, 6.45) is -3.51. The number of nitro groups is 1. The monoisotopic (exact) mass is 408 g/mol. The number of aromatic nitrogens is 2. The minimum atomic E-state index is -4.60. The summed E-state index contributed by atoms with van der Waals surface area (Å²) >= 11 is 0. The van der Waals surface area contributed by atoms with E-state index in [1.165, 1.54) is 25.3 Å². The van der Waals surface area contributed by atoms with Crippen LogP contribution in [-0.4, -0.2) is 27.3 Å². The lowest BCUT2D eigenvalue weighted by atomic mass is 10.2. The quantitative estimate of drug-likeness (QED) is 0.507. The number of rotatable bonds is 5. The van der Waals surface area contributed by atoms with Crippen LogP contribution < -0.4 is 10.1 Å². The molecule has 0 bridgehead atoms. The van der Waals surface area contributed by atoms with Gasteiger partial charge in [0.15, 0.2) is 0 Å². The second-order valence-electron chi connectivity index (χ2n) is 6.00. The first kappa shape index (κ1) is 20.1. The topological polar surface area (TPSA) is 98.8 Å². The van der Waals surface area contributed by atoms with Crippen molar-refractivity contribution in [2.45, 2.75) is 19.5 Å². The van der Waals surface area contributed by atoms with Gasteiger partial charge >= 0.3 is 6.18 Å². The molecule has 29 heavy (non-hydrogen) atoms. The Kier molecular flexibility index (Phi) is 5.14. The molecule has 0 spiro atoms. The number of aryl methyl sites for hydroxylation is 1. The number of imidazole rings is 1. The largest absolute Gasteiger partial charge is 0.495 e. The van der Waals surface area contributed by atoms with Gasteiger partial charge in [-0.15, -0.1) is 0 Å². The molecule has 8 nitrogen and oxygen atoms in total. The molecule has 152 valence electrons. The van der Waals surface area contributed by atoms with Crippen molar-refractivity contribution in [1.29, 1.82) is 0 Å². The van der Waals surface area contributed by atoms with E-state index in [9.17, 15) is 28.1 Å². The summed E-state index contributed by atoms with van der Waals surface area (Å²) in [4.78, 5) is 27.5. The maximum atomic E-state index is 13.1. The lowest BCUT2D eigenvalue weighted by Gasteiger charge is -2.11. The minimum Gasteiger partial charge on any atom is -0.495 e. The molecular weight excluding hydrogens is 393 g/mol.